The van der Waals surface area contributed by atoms with Crippen LogP contribution in [-0.4, -0.2) is 0 Å². The summed E-state index contributed by atoms with van der Waals surface area (Å²) in [7, 11) is 0. The van der Waals surface area contributed by atoms with E-state index in [4.69, 9.17) is 11.6 Å². The molecular formula is C17H20ClN. The van der Waals surface area contributed by atoms with Crippen molar-refractivity contribution in [1.82, 2.24) is 0 Å². The Labute approximate surface area is 120 Å². The quantitative estimate of drug-likeness (QED) is 0.760. The molecule has 0 amide bonds. The second-order valence-electron chi connectivity index (χ2n) is 5.20. The first-order chi connectivity index (χ1) is 9.06. The molecule has 2 aromatic carbocycles. The Morgan fingerprint density at radius 2 is 1.58 bits per heavy atom. The van der Waals surface area contributed by atoms with Gasteiger partial charge in [0.25, 0.3) is 0 Å². The fraction of sp³-hybridized carbons (Fsp3) is 0.294. The van der Waals surface area contributed by atoms with Gasteiger partial charge in [0, 0.05) is 16.8 Å². The number of halogens is 1. The van der Waals surface area contributed by atoms with Gasteiger partial charge in [0.05, 0.1) is 0 Å². The van der Waals surface area contributed by atoms with Gasteiger partial charge < -0.3 is 5.32 Å². The lowest BCUT2D eigenvalue weighted by molar-refractivity contribution is 0.858. The summed E-state index contributed by atoms with van der Waals surface area (Å²) >= 11 is 5.91. The standard InChI is InChI=1S/C17H20ClN/c1-12(2)15-5-4-6-17(11-15)19-13(3)14-7-9-16(18)10-8-14/h4-13,19H,1-3H3. The Bertz CT molecular complexity index is 531. The molecule has 1 nitrogen and oxygen atoms in total. The molecule has 0 spiro atoms. The number of hydrogen-bond donors (Lipinski definition) is 1. The molecule has 2 rings (SSSR count). The second kappa shape index (κ2) is 6.12. The molecule has 100 valence electrons. The van der Waals surface area contributed by atoms with E-state index < -0.39 is 0 Å². The van der Waals surface area contributed by atoms with Crippen LogP contribution in [0.1, 0.15) is 43.9 Å². The molecule has 0 aliphatic carbocycles. The molecule has 0 aromatic heterocycles. The van der Waals surface area contributed by atoms with Gasteiger partial charge in [-0.3, -0.25) is 0 Å². The summed E-state index contributed by atoms with van der Waals surface area (Å²) in [5.41, 5.74) is 3.75. The smallest absolute Gasteiger partial charge is 0.0485 e. The van der Waals surface area contributed by atoms with E-state index in [1.54, 1.807) is 0 Å². The Morgan fingerprint density at radius 1 is 0.895 bits per heavy atom. The van der Waals surface area contributed by atoms with Gasteiger partial charge in [-0.1, -0.05) is 49.7 Å². The monoisotopic (exact) mass is 273 g/mol. The lowest BCUT2D eigenvalue weighted by Gasteiger charge is -2.17. The third-order valence-electron chi connectivity index (χ3n) is 3.31. The predicted molar refractivity (Wildman–Crippen MR) is 84.0 cm³/mol. The molecule has 0 radical (unpaired) electrons. The SMILES string of the molecule is CC(C)c1cccc(NC(C)c2ccc(Cl)cc2)c1. The summed E-state index contributed by atoms with van der Waals surface area (Å²) in [6, 6.07) is 16.8. The molecule has 1 unspecified atom stereocenters. The minimum atomic E-state index is 0.264. The van der Waals surface area contributed by atoms with E-state index in [0.717, 1.165) is 10.7 Å². The summed E-state index contributed by atoms with van der Waals surface area (Å²) in [5.74, 6) is 0.549. The lowest BCUT2D eigenvalue weighted by Crippen LogP contribution is -2.06. The van der Waals surface area contributed by atoms with Crippen LogP contribution < -0.4 is 5.32 Å². The van der Waals surface area contributed by atoms with E-state index in [1.807, 2.05) is 12.1 Å². The average Bonchev–Trinajstić information content (AvgIpc) is 2.39. The first-order valence-corrected chi connectivity index (χ1v) is 7.06. The van der Waals surface area contributed by atoms with Gasteiger partial charge in [0.1, 0.15) is 0 Å². The molecule has 0 fully saturated rings. The van der Waals surface area contributed by atoms with Gasteiger partial charge in [-0.05, 0) is 48.2 Å². The van der Waals surface area contributed by atoms with Crippen LogP contribution >= 0.6 is 11.6 Å². The van der Waals surface area contributed by atoms with Crippen LogP contribution in [-0.2, 0) is 0 Å². The average molecular weight is 274 g/mol. The number of nitrogens with one attached hydrogen (secondary N) is 1. The Kier molecular flexibility index (Phi) is 4.49. The largest absolute Gasteiger partial charge is 0.379 e. The van der Waals surface area contributed by atoms with Crippen molar-refractivity contribution >= 4 is 17.3 Å². The zero-order valence-corrected chi connectivity index (χ0v) is 12.4. The van der Waals surface area contributed by atoms with E-state index in [9.17, 15) is 0 Å². The fourth-order valence-corrected chi connectivity index (χ4v) is 2.20. The Hall–Kier alpha value is -1.47. The zero-order chi connectivity index (χ0) is 13.8. The maximum atomic E-state index is 5.91. The lowest BCUT2D eigenvalue weighted by atomic mass is 10.0. The molecule has 1 atom stereocenters. The third kappa shape index (κ3) is 3.74. The molecule has 2 heteroatoms. The molecular weight excluding hydrogens is 254 g/mol. The molecule has 19 heavy (non-hydrogen) atoms. The highest BCUT2D eigenvalue weighted by Crippen LogP contribution is 2.23. The van der Waals surface area contributed by atoms with Crippen molar-refractivity contribution in [2.24, 2.45) is 0 Å². The van der Waals surface area contributed by atoms with Crippen molar-refractivity contribution in [3.8, 4) is 0 Å². The predicted octanol–water partition coefficient (Wildman–Crippen LogP) is 5.64. The maximum absolute atomic E-state index is 5.91. The molecule has 0 heterocycles. The first kappa shape index (κ1) is 14.0. The molecule has 0 saturated heterocycles. The number of anilines is 1. The van der Waals surface area contributed by atoms with Crippen LogP contribution in [0.4, 0.5) is 5.69 Å². The Balaban J connectivity index is 2.12. The van der Waals surface area contributed by atoms with Gasteiger partial charge >= 0.3 is 0 Å². The summed E-state index contributed by atoms with van der Waals surface area (Å²) in [5, 5.41) is 4.31. The summed E-state index contributed by atoms with van der Waals surface area (Å²) < 4.78 is 0. The summed E-state index contributed by atoms with van der Waals surface area (Å²) in [6.45, 7) is 6.58. The Morgan fingerprint density at radius 3 is 2.21 bits per heavy atom. The summed E-state index contributed by atoms with van der Waals surface area (Å²) in [6.07, 6.45) is 0. The zero-order valence-electron chi connectivity index (χ0n) is 11.7. The highest BCUT2D eigenvalue weighted by atomic mass is 35.5. The number of rotatable bonds is 4. The van der Waals surface area contributed by atoms with Crippen molar-refractivity contribution in [3.63, 3.8) is 0 Å². The highest BCUT2D eigenvalue weighted by molar-refractivity contribution is 6.30. The molecule has 1 N–H and O–H groups in total. The minimum Gasteiger partial charge on any atom is -0.379 e. The van der Waals surface area contributed by atoms with Crippen LogP contribution in [0.5, 0.6) is 0 Å². The maximum Gasteiger partial charge on any atom is 0.0485 e. The van der Waals surface area contributed by atoms with Crippen LogP contribution in [0.25, 0.3) is 0 Å². The van der Waals surface area contributed by atoms with Crippen LogP contribution in [0.3, 0.4) is 0 Å². The minimum absolute atomic E-state index is 0.264. The van der Waals surface area contributed by atoms with Gasteiger partial charge in [0.15, 0.2) is 0 Å². The summed E-state index contributed by atoms with van der Waals surface area (Å²) in [4.78, 5) is 0. The van der Waals surface area contributed by atoms with Crippen molar-refractivity contribution in [3.05, 3.63) is 64.7 Å². The topological polar surface area (TPSA) is 12.0 Å². The van der Waals surface area contributed by atoms with Crippen LogP contribution in [0.15, 0.2) is 48.5 Å². The first-order valence-electron chi connectivity index (χ1n) is 6.68. The molecule has 0 bridgehead atoms. The van der Waals surface area contributed by atoms with Crippen molar-refractivity contribution in [2.45, 2.75) is 32.7 Å². The fourth-order valence-electron chi connectivity index (χ4n) is 2.07. The molecule has 0 aliphatic rings. The molecule has 2 aromatic rings. The van der Waals surface area contributed by atoms with E-state index in [2.05, 4.69) is 62.5 Å². The number of hydrogen-bond acceptors (Lipinski definition) is 1. The van der Waals surface area contributed by atoms with Crippen LogP contribution in [0, 0.1) is 0 Å². The van der Waals surface area contributed by atoms with E-state index in [-0.39, 0.29) is 6.04 Å². The van der Waals surface area contributed by atoms with Crippen molar-refractivity contribution < 1.29 is 0 Å². The normalized spacial score (nSPS) is 12.5. The van der Waals surface area contributed by atoms with Gasteiger partial charge in [-0.2, -0.15) is 0 Å². The number of benzene rings is 2. The molecule has 0 aliphatic heterocycles. The molecule has 0 saturated carbocycles. The third-order valence-corrected chi connectivity index (χ3v) is 3.56. The van der Waals surface area contributed by atoms with Gasteiger partial charge in [-0.15, -0.1) is 0 Å². The highest BCUT2D eigenvalue weighted by Gasteiger charge is 2.06. The van der Waals surface area contributed by atoms with Crippen molar-refractivity contribution in [2.75, 3.05) is 5.32 Å². The van der Waals surface area contributed by atoms with Crippen LogP contribution in [0.2, 0.25) is 5.02 Å². The van der Waals surface area contributed by atoms with E-state index in [1.165, 1.54) is 11.1 Å². The van der Waals surface area contributed by atoms with Gasteiger partial charge in [0.2, 0.25) is 0 Å². The van der Waals surface area contributed by atoms with Gasteiger partial charge in [-0.25, -0.2) is 0 Å². The van der Waals surface area contributed by atoms with Crippen molar-refractivity contribution in [1.29, 1.82) is 0 Å². The second-order valence-corrected chi connectivity index (χ2v) is 5.63. The van der Waals surface area contributed by atoms with E-state index in [0.29, 0.717) is 5.92 Å². The van der Waals surface area contributed by atoms with E-state index >= 15 is 0 Å².